The molecular formula is C22H30N2O3S. The second kappa shape index (κ2) is 9.85. The van der Waals surface area contributed by atoms with Crippen molar-refractivity contribution in [2.75, 3.05) is 26.2 Å². The van der Waals surface area contributed by atoms with E-state index in [4.69, 9.17) is 0 Å². The average Bonchev–Trinajstić information content (AvgIpc) is 2.68. The first-order valence-corrected chi connectivity index (χ1v) is 11.1. The van der Waals surface area contributed by atoms with E-state index in [1.807, 2.05) is 63.2 Å². The van der Waals surface area contributed by atoms with E-state index in [1.165, 1.54) is 4.31 Å². The first kappa shape index (κ1) is 22.1. The van der Waals surface area contributed by atoms with E-state index in [9.17, 15) is 13.2 Å². The van der Waals surface area contributed by atoms with Crippen molar-refractivity contribution in [3.8, 4) is 0 Å². The van der Waals surface area contributed by atoms with Gasteiger partial charge < -0.3 is 4.90 Å². The Labute approximate surface area is 169 Å². The highest BCUT2D eigenvalue weighted by molar-refractivity contribution is 7.89. The minimum absolute atomic E-state index is 0.149. The van der Waals surface area contributed by atoms with E-state index < -0.39 is 10.0 Å². The SMILES string of the molecule is CCN(CC)C(=O)CN(CCc1ccccc1)S(=O)(=O)c1cc(C)ccc1C. The van der Waals surface area contributed by atoms with Gasteiger partial charge in [0.25, 0.3) is 0 Å². The van der Waals surface area contributed by atoms with Gasteiger partial charge in [0.2, 0.25) is 15.9 Å². The third-order valence-electron chi connectivity index (χ3n) is 4.88. The molecule has 0 saturated carbocycles. The number of aryl methyl sites for hydroxylation is 2. The minimum atomic E-state index is -3.78. The van der Waals surface area contributed by atoms with Crippen molar-refractivity contribution in [2.45, 2.75) is 39.0 Å². The monoisotopic (exact) mass is 402 g/mol. The normalized spacial score (nSPS) is 11.6. The van der Waals surface area contributed by atoms with E-state index in [-0.39, 0.29) is 23.9 Å². The van der Waals surface area contributed by atoms with Crippen LogP contribution in [0.1, 0.15) is 30.5 Å². The molecule has 5 nitrogen and oxygen atoms in total. The number of nitrogens with zero attached hydrogens (tertiary/aromatic N) is 2. The number of carbonyl (C=O) groups is 1. The molecule has 2 rings (SSSR count). The van der Waals surface area contributed by atoms with Crippen LogP contribution in [-0.4, -0.2) is 49.7 Å². The lowest BCUT2D eigenvalue weighted by molar-refractivity contribution is -0.131. The molecule has 0 aliphatic carbocycles. The molecule has 0 aromatic heterocycles. The Morgan fingerprint density at radius 3 is 2.21 bits per heavy atom. The third kappa shape index (κ3) is 5.42. The van der Waals surface area contributed by atoms with Crippen molar-refractivity contribution >= 4 is 15.9 Å². The van der Waals surface area contributed by atoms with Crippen molar-refractivity contribution in [1.29, 1.82) is 0 Å². The number of hydrogen-bond donors (Lipinski definition) is 0. The number of sulfonamides is 1. The van der Waals surface area contributed by atoms with Crippen LogP contribution in [0.25, 0.3) is 0 Å². The topological polar surface area (TPSA) is 57.7 Å². The van der Waals surface area contributed by atoms with Gasteiger partial charge in [-0.2, -0.15) is 4.31 Å². The summed E-state index contributed by atoms with van der Waals surface area (Å²) >= 11 is 0. The van der Waals surface area contributed by atoms with Crippen LogP contribution in [0.4, 0.5) is 0 Å². The Morgan fingerprint density at radius 2 is 1.61 bits per heavy atom. The largest absolute Gasteiger partial charge is 0.342 e. The maximum absolute atomic E-state index is 13.4. The van der Waals surface area contributed by atoms with Crippen LogP contribution in [-0.2, 0) is 21.2 Å². The third-order valence-corrected chi connectivity index (χ3v) is 6.87. The van der Waals surface area contributed by atoms with Crippen molar-refractivity contribution in [3.63, 3.8) is 0 Å². The fraction of sp³-hybridized carbons (Fsp3) is 0.409. The van der Waals surface area contributed by atoms with E-state index in [2.05, 4.69) is 0 Å². The molecule has 0 spiro atoms. The molecule has 0 aliphatic rings. The Bertz CT molecular complexity index is 891. The number of carbonyl (C=O) groups excluding carboxylic acids is 1. The summed E-state index contributed by atoms with van der Waals surface area (Å²) in [6, 6.07) is 15.1. The van der Waals surface area contributed by atoms with Crippen LogP contribution in [0.2, 0.25) is 0 Å². The molecule has 0 saturated heterocycles. The molecule has 152 valence electrons. The Kier molecular flexibility index (Phi) is 7.78. The van der Waals surface area contributed by atoms with Crippen LogP contribution < -0.4 is 0 Å². The highest BCUT2D eigenvalue weighted by atomic mass is 32.2. The van der Waals surface area contributed by atoms with Gasteiger partial charge in [-0.05, 0) is 56.9 Å². The molecule has 1 amide bonds. The number of amides is 1. The minimum Gasteiger partial charge on any atom is -0.342 e. The molecule has 0 fully saturated rings. The van der Waals surface area contributed by atoms with Gasteiger partial charge in [0, 0.05) is 19.6 Å². The van der Waals surface area contributed by atoms with Gasteiger partial charge in [0.15, 0.2) is 0 Å². The lowest BCUT2D eigenvalue weighted by Gasteiger charge is -2.26. The van der Waals surface area contributed by atoms with E-state index in [1.54, 1.807) is 17.9 Å². The lowest BCUT2D eigenvalue weighted by atomic mass is 10.1. The summed E-state index contributed by atoms with van der Waals surface area (Å²) in [7, 11) is -3.78. The van der Waals surface area contributed by atoms with Crippen molar-refractivity contribution in [1.82, 2.24) is 9.21 Å². The van der Waals surface area contributed by atoms with Gasteiger partial charge >= 0.3 is 0 Å². The van der Waals surface area contributed by atoms with Crippen LogP contribution in [0, 0.1) is 13.8 Å². The number of hydrogen-bond acceptors (Lipinski definition) is 3. The Balaban J connectivity index is 2.35. The zero-order valence-corrected chi connectivity index (χ0v) is 18.0. The smallest absolute Gasteiger partial charge is 0.243 e. The summed E-state index contributed by atoms with van der Waals surface area (Å²) in [5.74, 6) is -0.174. The van der Waals surface area contributed by atoms with E-state index >= 15 is 0 Å². The summed E-state index contributed by atoms with van der Waals surface area (Å²) in [6.07, 6.45) is 0.552. The molecule has 28 heavy (non-hydrogen) atoms. The summed E-state index contributed by atoms with van der Waals surface area (Å²) in [5, 5.41) is 0. The van der Waals surface area contributed by atoms with Crippen LogP contribution >= 0.6 is 0 Å². The number of benzene rings is 2. The molecule has 6 heteroatoms. The van der Waals surface area contributed by atoms with Gasteiger partial charge in [-0.15, -0.1) is 0 Å². The summed E-state index contributed by atoms with van der Waals surface area (Å²) in [5.41, 5.74) is 2.60. The summed E-state index contributed by atoms with van der Waals surface area (Å²) in [6.45, 7) is 8.68. The highest BCUT2D eigenvalue weighted by Crippen LogP contribution is 2.22. The van der Waals surface area contributed by atoms with Crippen molar-refractivity contribution < 1.29 is 13.2 Å². The van der Waals surface area contributed by atoms with Gasteiger partial charge in [0.05, 0.1) is 11.4 Å². The first-order chi connectivity index (χ1) is 13.3. The molecule has 0 radical (unpaired) electrons. The first-order valence-electron chi connectivity index (χ1n) is 9.68. The van der Waals surface area contributed by atoms with Crippen molar-refractivity contribution in [2.24, 2.45) is 0 Å². The van der Waals surface area contributed by atoms with Crippen LogP contribution in [0.15, 0.2) is 53.4 Å². The molecule has 2 aromatic carbocycles. The molecule has 0 aliphatic heterocycles. The quantitative estimate of drug-likeness (QED) is 0.646. The zero-order valence-electron chi connectivity index (χ0n) is 17.2. The second-order valence-electron chi connectivity index (χ2n) is 6.91. The highest BCUT2D eigenvalue weighted by Gasteiger charge is 2.29. The summed E-state index contributed by atoms with van der Waals surface area (Å²) in [4.78, 5) is 14.6. The van der Waals surface area contributed by atoms with Crippen LogP contribution in [0.3, 0.4) is 0 Å². The average molecular weight is 403 g/mol. The molecule has 0 atom stereocenters. The standard InChI is InChI=1S/C22H30N2O3S/c1-5-23(6-2)22(25)17-24(15-14-20-10-8-7-9-11-20)28(26,27)21-16-18(3)12-13-19(21)4/h7-13,16H,5-6,14-15,17H2,1-4H3. The molecule has 0 heterocycles. The van der Waals surface area contributed by atoms with Gasteiger partial charge in [-0.3, -0.25) is 4.79 Å². The van der Waals surface area contributed by atoms with E-state index in [0.29, 0.717) is 25.1 Å². The second-order valence-corrected chi connectivity index (χ2v) is 8.82. The molecular weight excluding hydrogens is 372 g/mol. The molecule has 0 unspecified atom stereocenters. The fourth-order valence-corrected chi connectivity index (χ4v) is 4.83. The van der Waals surface area contributed by atoms with Gasteiger partial charge in [-0.25, -0.2) is 8.42 Å². The zero-order chi connectivity index (χ0) is 20.7. The number of likely N-dealkylation sites (N-methyl/N-ethyl adjacent to an activating group) is 1. The number of rotatable bonds is 9. The molecule has 0 N–H and O–H groups in total. The molecule has 2 aromatic rings. The maximum Gasteiger partial charge on any atom is 0.243 e. The van der Waals surface area contributed by atoms with Crippen molar-refractivity contribution in [3.05, 3.63) is 65.2 Å². The Hall–Kier alpha value is -2.18. The van der Waals surface area contributed by atoms with Crippen LogP contribution in [0.5, 0.6) is 0 Å². The fourth-order valence-electron chi connectivity index (χ4n) is 3.13. The Morgan fingerprint density at radius 1 is 0.964 bits per heavy atom. The molecule has 0 bridgehead atoms. The van der Waals surface area contributed by atoms with E-state index in [0.717, 1.165) is 11.1 Å². The lowest BCUT2D eigenvalue weighted by Crippen LogP contribution is -2.43. The van der Waals surface area contributed by atoms with Gasteiger partial charge in [-0.1, -0.05) is 42.5 Å². The maximum atomic E-state index is 13.4. The predicted octanol–water partition coefficient (Wildman–Crippen LogP) is 3.41. The summed E-state index contributed by atoms with van der Waals surface area (Å²) < 4.78 is 28.2. The van der Waals surface area contributed by atoms with Gasteiger partial charge in [0.1, 0.15) is 0 Å². The predicted molar refractivity (Wildman–Crippen MR) is 113 cm³/mol.